The molecule has 0 saturated heterocycles. The second-order valence-electron chi connectivity index (χ2n) is 15.3. The number of rotatable bonds is 7. The summed E-state index contributed by atoms with van der Waals surface area (Å²) in [6.07, 6.45) is 0. The molecule has 0 unspecified atom stereocenters. The van der Waals surface area contributed by atoms with Crippen molar-refractivity contribution in [3.8, 4) is 11.1 Å². The quantitative estimate of drug-likeness (QED) is 0.162. The van der Waals surface area contributed by atoms with Crippen molar-refractivity contribution in [1.29, 1.82) is 0 Å². The van der Waals surface area contributed by atoms with Crippen LogP contribution in [0.2, 0.25) is 0 Å². The van der Waals surface area contributed by atoms with Crippen molar-refractivity contribution in [3.63, 3.8) is 0 Å². The molecule has 0 N–H and O–H groups in total. The molecule has 0 aliphatic heterocycles. The van der Waals surface area contributed by atoms with Gasteiger partial charge < -0.3 is 18.6 Å². The molecule has 0 fully saturated rings. The molecular weight excluding hydrogens is 733 g/mol. The van der Waals surface area contributed by atoms with Gasteiger partial charge in [-0.25, -0.2) is 0 Å². The SMILES string of the molecule is c1ccc(N(c2ccc(-c3ccc(N(c4ccccc4)c4ccc5c(c4)oc4ccc6ccccc6c45)cc3)cc2)c2ccc3c(c2)oc2ccc4ccccc4c23)cc1. The second kappa shape index (κ2) is 13.8. The average molecular weight is 769 g/mol. The number of fused-ring (bicyclic) bond motifs is 10. The molecule has 0 aliphatic rings. The van der Waals surface area contributed by atoms with E-state index in [1.54, 1.807) is 0 Å². The molecule has 12 rings (SSSR count). The lowest BCUT2D eigenvalue weighted by atomic mass is 10.0. The van der Waals surface area contributed by atoms with E-state index in [2.05, 4.69) is 228 Å². The van der Waals surface area contributed by atoms with Crippen LogP contribution in [0, 0.1) is 0 Å². The van der Waals surface area contributed by atoms with Gasteiger partial charge in [0.15, 0.2) is 0 Å². The van der Waals surface area contributed by atoms with Crippen molar-refractivity contribution in [1.82, 2.24) is 0 Å². The normalized spacial score (nSPS) is 11.7. The molecule has 4 heteroatoms. The third-order valence-corrected chi connectivity index (χ3v) is 11.8. The van der Waals surface area contributed by atoms with Crippen LogP contribution in [0.3, 0.4) is 0 Å². The fraction of sp³-hybridized carbons (Fsp3) is 0. The molecule has 4 nitrogen and oxygen atoms in total. The third kappa shape index (κ3) is 5.61. The Kier molecular flexibility index (Phi) is 7.82. The van der Waals surface area contributed by atoms with E-state index in [1.165, 1.54) is 21.5 Å². The van der Waals surface area contributed by atoms with Crippen LogP contribution >= 0.6 is 0 Å². The first-order chi connectivity index (χ1) is 29.7. The Bertz CT molecular complexity index is 3300. The minimum absolute atomic E-state index is 0.868. The van der Waals surface area contributed by atoms with Crippen molar-refractivity contribution in [3.05, 3.63) is 218 Å². The van der Waals surface area contributed by atoms with Gasteiger partial charge in [0.25, 0.3) is 0 Å². The summed E-state index contributed by atoms with van der Waals surface area (Å²) < 4.78 is 13.0. The number of hydrogen-bond donors (Lipinski definition) is 0. The van der Waals surface area contributed by atoms with Crippen molar-refractivity contribution < 1.29 is 8.83 Å². The zero-order valence-corrected chi connectivity index (χ0v) is 32.5. The Morgan fingerprint density at radius 1 is 0.250 bits per heavy atom. The number of furan rings is 2. The average Bonchev–Trinajstić information content (AvgIpc) is 3.89. The molecule has 0 atom stereocenters. The van der Waals surface area contributed by atoms with E-state index in [0.29, 0.717) is 0 Å². The van der Waals surface area contributed by atoms with Crippen LogP contribution < -0.4 is 9.80 Å². The second-order valence-corrected chi connectivity index (χ2v) is 15.3. The Labute approximate surface area is 346 Å². The van der Waals surface area contributed by atoms with Gasteiger partial charge in [0.2, 0.25) is 0 Å². The van der Waals surface area contributed by atoms with Gasteiger partial charge in [-0.2, -0.15) is 0 Å². The zero-order chi connectivity index (χ0) is 39.6. The largest absolute Gasteiger partial charge is 0.456 e. The van der Waals surface area contributed by atoms with Gasteiger partial charge in [-0.1, -0.05) is 121 Å². The molecule has 0 radical (unpaired) electrons. The summed E-state index contributed by atoms with van der Waals surface area (Å²) in [6, 6.07) is 77.2. The lowest BCUT2D eigenvalue weighted by Crippen LogP contribution is -2.10. The first-order valence-corrected chi connectivity index (χ1v) is 20.3. The van der Waals surface area contributed by atoms with Crippen LogP contribution in [0.5, 0.6) is 0 Å². The topological polar surface area (TPSA) is 32.8 Å². The Balaban J connectivity index is 0.888. The zero-order valence-electron chi connectivity index (χ0n) is 32.5. The summed E-state index contributed by atoms with van der Waals surface area (Å²) in [5, 5.41) is 9.38. The van der Waals surface area contributed by atoms with Crippen LogP contribution in [0.25, 0.3) is 76.5 Å². The number of para-hydroxylation sites is 2. The monoisotopic (exact) mass is 768 g/mol. The Hall–Kier alpha value is -8.08. The highest BCUT2D eigenvalue weighted by Crippen LogP contribution is 2.43. The molecule has 0 spiro atoms. The van der Waals surface area contributed by atoms with E-state index < -0.39 is 0 Å². The number of hydrogen-bond acceptors (Lipinski definition) is 4. The molecule has 12 aromatic rings. The maximum absolute atomic E-state index is 6.49. The molecule has 0 amide bonds. The predicted molar refractivity (Wildman–Crippen MR) is 251 cm³/mol. The van der Waals surface area contributed by atoms with Crippen molar-refractivity contribution in [2.45, 2.75) is 0 Å². The molecule has 2 heterocycles. The summed E-state index contributed by atoms with van der Waals surface area (Å²) >= 11 is 0. The van der Waals surface area contributed by atoms with E-state index in [1.807, 2.05) is 0 Å². The minimum atomic E-state index is 0.868. The molecule has 282 valence electrons. The molecular formula is C56H36N2O2. The van der Waals surface area contributed by atoms with Gasteiger partial charge in [-0.3, -0.25) is 0 Å². The van der Waals surface area contributed by atoms with E-state index in [4.69, 9.17) is 8.83 Å². The lowest BCUT2D eigenvalue weighted by Gasteiger charge is -2.26. The summed E-state index contributed by atoms with van der Waals surface area (Å²) in [7, 11) is 0. The standard InChI is InChI=1S/C56H36N2O2/c1-3-13-41(14-4-1)57(45-29-31-49-53(35-45)59-51-33-23-39-11-7-9-17-47(39)55(49)51)43-25-19-37(20-26-43)38-21-27-44(28-22-38)58(42-15-5-2-6-16-42)46-30-32-50-54(36-46)60-52-34-24-40-12-8-10-18-48(40)56(50)52/h1-36H. The van der Waals surface area contributed by atoms with Gasteiger partial charge in [0, 0.05) is 67.8 Å². The van der Waals surface area contributed by atoms with Gasteiger partial charge in [-0.05, 0) is 118 Å². The highest BCUT2D eigenvalue weighted by atomic mass is 16.3. The molecule has 10 aromatic carbocycles. The maximum Gasteiger partial charge on any atom is 0.137 e. The van der Waals surface area contributed by atoms with Crippen LogP contribution in [0.1, 0.15) is 0 Å². The molecule has 0 saturated carbocycles. The minimum Gasteiger partial charge on any atom is -0.456 e. The highest BCUT2D eigenvalue weighted by Gasteiger charge is 2.19. The summed E-state index contributed by atoms with van der Waals surface area (Å²) in [5.41, 5.74) is 12.1. The predicted octanol–water partition coefficient (Wildman–Crippen LogP) is 16.4. The lowest BCUT2D eigenvalue weighted by molar-refractivity contribution is 0.669. The van der Waals surface area contributed by atoms with Gasteiger partial charge >= 0.3 is 0 Å². The fourth-order valence-electron chi connectivity index (χ4n) is 9.00. The Morgan fingerprint density at radius 3 is 1.05 bits per heavy atom. The summed E-state index contributed by atoms with van der Waals surface area (Å²) in [6.45, 7) is 0. The number of benzene rings is 10. The first kappa shape index (κ1) is 34.0. The van der Waals surface area contributed by atoms with Crippen molar-refractivity contribution >= 4 is 99.5 Å². The highest BCUT2D eigenvalue weighted by molar-refractivity contribution is 6.20. The third-order valence-electron chi connectivity index (χ3n) is 11.8. The van der Waals surface area contributed by atoms with Crippen LogP contribution in [-0.2, 0) is 0 Å². The van der Waals surface area contributed by atoms with E-state index in [0.717, 1.165) is 89.1 Å². The van der Waals surface area contributed by atoms with E-state index >= 15 is 0 Å². The number of anilines is 6. The molecule has 2 aromatic heterocycles. The van der Waals surface area contributed by atoms with Crippen LogP contribution in [0.15, 0.2) is 227 Å². The molecule has 0 aliphatic carbocycles. The van der Waals surface area contributed by atoms with Gasteiger partial charge in [0.1, 0.15) is 22.3 Å². The van der Waals surface area contributed by atoms with E-state index in [-0.39, 0.29) is 0 Å². The van der Waals surface area contributed by atoms with Gasteiger partial charge in [0.05, 0.1) is 0 Å². The Morgan fingerprint density at radius 2 is 0.617 bits per heavy atom. The van der Waals surface area contributed by atoms with Crippen molar-refractivity contribution in [2.75, 3.05) is 9.80 Å². The van der Waals surface area contributed by atoms with Gasteiger partial charge in [-0.15, -0.1) is 0 Å². The van der Waals surface area contributed by atoms with Crippen LogP contribution in [-0.4, -0.2) is 0 Å². The summed E-state index contributed by atoms with van der Waals surface area (Å²) in [5.74, 6) is 0. The maximum atomic E-state index is 6.49. The van der Waals surface area contributed by atoms with Crippen LogP contribution in [0.4, 0.5) is 34.1 Å². The molecule has 0 bridgehead atoms. The smallest absolute Gasteiger partial charge is 0.137 e. The fourth-order valence-corrected chi connectivity index (χ4v) is 9.00. The first-order valence-electron chi connectivity index (χ1n) is 20.3. The number of nitrogens with zero attached hydrogens (tertiary/aromatic N) is 2. The molecule has 60 heavy (non-hydrogen) atoms. The summed E-state index contributed by atoms with van der Waals surface area (Å²) in [4.78, 5) is 4.58. The van der Waals surface area contributed by atoms with E-state index in [9.17, 15) is 0 Å². The van der Waals surface area contributed by atoms with Crippen molar-refractivity contribution in [2.24, 2.45) is 0 Å².